The summed E-state index contributed by atoms with van der Waals surface area (Å²) >= 11 is 0. The molecule has 2 fully saturated rings. The molecule has 32 heavy (non-hydrogen) atoms. The largest absolute Gasteiger partial charge is 0.330 e. The summed E-state index contributed by atoms with van der Waals surface area (Å²) in [4.78, 5) is 27.4. The summed E-state index contributed by atoms with van der Waals surface area (Å²) in [5.41, 5.74) is 2.93. The second kappa shape index (κ2) is 8.67. The number of amides is 1. The van der Waals surface area contributed by atoms with E-state index in [0.717, 1.165) is 43.3 Å². The topological polar surface area (TPSA) is 84.0 Å². The SMILES string of the molecule is N#Cc1cncc([C@@H]2CCON2C(=O)[C@H]2CC[C@H](Cn3cnc4cc(F)ccc43)CC2)c1. The van der Waals surface area contributed by atoms with Gasteiger partial charge in [0.25, 0.3) is 0 Å². The van der Waals surface area contributed by atoms with Crippen molar-refractivity contribution in [3.63, 3.8) is 0 Å². The summed E-state index contributed by atoms with van der Waals surface area (Å²) in [5.74, 6) is 0.136. The predicted molar refractivity (Wildman–Crippen MR) is 114 cm³/mol. The molecule has 8 heteroatoms. The Morgan fingerprint density at radius 1 is 1.19 bits per heavy atom. The van der Waals surface area contributed by atoms with Crippen molar-refractivity contribution >= 4 is 16.9 Å². The number of halogens is 1. The molecule has 1 atom stereocenters. The van der Waals surface area contributed by atoms with E-state index in [1.807, 2.05) is 0 Å². The Labute approximate surface area is 185 Å². The molecule has 1 aromatic carbocycles. The molecule has 3 heterocycles. The zero-order chi connectivity index (χ0) is 22.1. The van der Waals surface area contributed by atoms with E-state index in [1.165, 1.54) is 23.4 Å². The van der Waals surface area contributed by atoms with Crippen molar-refractivity contribution in [3.8, 4) is 6.07 Å². The quantitative estimate of drug-likeness (QED) is 0.617. The fourth-order valence-corrected chi connectivity index (χ4v) is 4.92. The van der Waals surface area contributed by atoms with Crippen molar-refractivity contribution in [1.29, 1.82) is 5.26 Å². The van der Waals surface area contributed by atoms with E-state index in [-0.39, 0.29) is 23.7 Å². The number of nitrogens with zero attached hydrogens (tertiary/aromatic N) is 5. The summed E-state index contributed by atoms with van der Waals surface area (Å²) in [7, 11) is 0. The van der Waals surface area contributed by atoms with Crippen LogP contribution in [0.1, 0.15) is 49.3 Å². The number of pyridine rings is 1. The molecule has 1 saturated carbocycles. The molecule has 0 bridgehead atoms. The van der Waals surface area contributed by atoms with Gasteiger partial charge in [-0.1, -0.05) is 0 Å². The third-order valence-corrected chi connectivity index (χ3v) is 6.63. The maximum atomic E-state index is 13.4. The Hall–Kier alpha value is -3.31. The molecule has 1 aliphatic heterocycles. The van der Waals surface area contributed by atoms with Crippen molar-refractivity contribution in [2.75, 3.05) is 6.61 Å². The van der Waals surface area contributed by atoms with Gasteiger partial charge in [-0.3, -0.25) is 14.6 Å². The van der Waals surface area contributed by atoms with Gasteiger partial charge in [0.15, 0.2) is 0 Å². The lowest BCUT2D eigenvalue weighted by molar-refractivity contribution is -0.183. The molecule has 0 spiro atoms. The minimum atomic E-state index is -0.278. The molecule has 0 unspecified atom stereocenters. The van der Waals surface area contributed by atoms with E-state index >= 15 is 0 Å². The molecule has 2 aliphatic rings. The number of fused-ring (bicyclic) bond motifs is 1. The molecule has 3 aromatic rings. The average Bonchev–Trinajstić information content (AvgIpc) is 3.46. The first-order chi connectivity index (χ1) is 15.6. The number of aromatic nitrogens is 3. The van der Waals surface area contributed by atoms with Crippen molar-refractivity contribution in [2.24, 2.45) is 11.8 Å². The van der Waals surface area contributed by atoms with E-state index in [4.69, 9.17) is 10.1 Å². The lowest BCUT2D eigenvalue weighted by Gasteiger charge is -2.32. The van der Waals surface area contributed by atoms with E-state index in [9.17, 15) is 9.18 Å². The van der Waals surface area contributed by atoms with Crippen LogP contribution in [0.2, 0.25) is 0 Å². The van der Waals surface area contributed by atoms with Crippen LogP contribution < -0.4 is 0 Å². The molecule has 1 amide bonds. The Morgan fingerprint density at radius 2 is 2.03 bits per heavy atom. The van der Waals surface area contributed by atoms with Gasteiger partial charge in [-0.15, -0.1) is 0 Å². The van der Waals surface area contributed by atoms with Crippen molar-refractivity contribution in [1.82, 2.24) is 19.6 Å². The average molecular weight is 433 g/mol. The highest BCUT2D eigenvalue weighted by molar-refractivity contribution is 5.78. The second-order valence-corrected chi connectivity index (χ2v) is 8.67. The number of hydroxylamine groups is 2. The normalized spacial score (nSPS) is 23.4. The molecule has 2 aromatic heterocycles. The minimum Gasteiger partial charge on any atom is -0.330 e. The number of nitriles is 1. The number of imidazole rings is 1. The number of carbonyl (C=O) groups excluding carboxylic acids is 1. The molecule has 5 rings (SSSR count). The number of rotatable bonds is 4. The Morgan fingerprint density at radius 3 is 2.84 bits per heavy atom. The van der Waals surface area contributed by atoms with Crippen LogP contribution in [-0.2, 0) is 16.2 Å². The number of hydrogen-bond donors (Lipinski definition) is 0. The third-order valence-electron chi connectivity index (χ3n) is 6.63. The smallest absolute Gasteiger partial charge is 0.249 e. The first-order valence-corrected chi connectivity index (χ1v) is 11.0. The highest BCUT2D eigenvalue weighted by atomic mass is 19.1. The van der Waals surface area contributed by atoms with Gasteiger partial charge in [-0.2, -0.15) is 5.26 Å². The first kappa shape index (κ1) is 20.6. The van der Waals surface area contributed by atoms with Crippen molar-refractivity contribution in [3.05, 3.63) is 59.9 Å². The van der Waals surface area contributed by atoms with Crippen LogP contribution in [0.3, 0.4) is 0 Å². The van der Waals surface area contributed by atoms with E-state index in [1.54, 1.807) is 24.7 Å². The zero-order valence-corrected chi connectivity index (χ0v) is 17.7. The van der Waals surface area contributed by atoms with Crippen molar-refractivity contribution in [2.45, 2.75) is 44.7 Å². The summed E-state index contributed by atoms with van der Waals surface area (Å²) in [5, 5.41) is 10.7. The Kier molecular flexibility index (Phi) is 5.58. The first-order valence-electron chi connectivity index (χ1n) is 11.0. The van der Waals surface area contributed by atoms with Gasteiger partial charge in [0.05, 0.1) is 35.6 Å². The highest BCUT2D eigenvalue weighted by Gasteiger charge is 2.37. The molecule has 7 nitrogen and oxygen atoms in total. The number of carbonyl (C=O) groups is 1. The van der Waals surface area contributed by atoms with Gasteiger partial charge < -0.3 is 4.57 Å². The van der Waals surface area contributed by atoms with E-state index < -0.39 is 0 Å². The summed E-state index contributed by atoms with van der Waals surface area (Å²) in [6, 6.07) is 8.38. The van der Waals surface area contributed by atoms with Crippen LogP contribution in [-0.4, -0.2) is 32.1 Å². The van der Waals surface area contributed by atoms with Gasteiger partial charge in [0.1, 0.15) is 11.9 Å². The molecule has 0 radical (unpaired) electrons. The van der Waals surface area contributed by atoms with Crippen LogP contribution in [0.15, 0.2) is 43.0 Å². The minimum absolute atomic E-state index is 0.0249. The van der Waals surface area contributed by atoms with Crippen LogP contribution in [0.25, 0.3) is 11.0 Å². The van der Waals surface area contributed by atoms with Crippen molar-refractivity contribution < 1.29 is 14.0 Å². The monoisotopic (exact) mass is 433 g/mol. The van der Waals surface area contributed by atoms with Gasteiger partial charge in [0, 0.05) is 37.3 Å². The summed E-state index contributed by atoms with van der Waals surface area (Å²) in [6.45, 7) is 1.30. The lowest BCUT2D eigenvalue weighted by atomic mass is 9.81. The number of benzene rings is 1. The molecular weight excluding hydrogens is 409 g/mol. The van der Waals surface area contributed by atoms with Crippen LogP contribution in [0, 0.1) is 29.0 Å². The zero-order valence-electron chi connectivity index (χ0n) is 17.7. The third kappa shape index (κ3) is 3.96. The summed E-state index contributed by atoms with van der Waals surface area (Å²) < 4.78 is 15.5. The Bertz CT molecular complexity index is 1180. The van der Waals surface area contributed by atoms with E-state index in [0.29, 0.717) is 30.0 Å². The van der Waals surface area contributed by atoms with Crippen LogP contribution in [0.4, 0.5) is 4.39 Å². The molecule has 164 valence electrons. The molecular formula is C24H24FN5O2. The van der Waals surface area contributed by atoms with Gasteiger partial charge >= 0.3 is 0 Å². The van der Waals surface area contributed by atoms with E-state index in [2.05, 4.69) is 20.6 Å². The highest BCUT2D eigenvalue weighted by Crippen LogP contribution is 2.36. The van der Waals surface area contributed by atoms with Crippen LogP contribution >= 0.6 is 0 Å². The predicted octanol–water partition coefficient (Wildman–Crippen LogP) is 4.15. The van der Waals surface area contributed by atoms with Gasteiger partial charge in [-0.25, -0.2) is 14.4 Å². The fourth-order valence-electron chi connectivity index (χ4n) is 4.92. The van der Waals surface area contributed by atoms with Gasteiger partial charge in [-0.05, 0) is 55.4 Å². The second-order valence-electron chi connectivity index (χ2n) is 8.67. The summed E-state index contributed by atoms with van der Waals surface area (Å²) in [6.07, 6.45) is 9.22. The fraction of sp³-hybridized carbons (Fsp3) is 0.417. The van der Waals surface area contributed by atoms with Gasteiger partial charge in [0.2, 0.25) is 5.91 Å². The lowest BCUT2D eigenvalue weighted by Crippen LogP contribution is -2.37. The standard InChI is InChI=1S/C24H24FN5O2/c25-20-5-6-23-21(10-20)28-15-29(23)14-16-1-3-18(4-2-16)24(31)30-22(7-8-32-30)19-9-17(11-26)12-27-13-19/h5-6,9-10,12-13,15-16,18,22H,1-4,7-8,14H2/t16-,18-,22-/m0/s1. The Balaban J connectivity index is 1.22. The molecule has 1 aliphatic carbocycles. The molecule has 0 N–H and O–H groups in total. The van der Waals surface area contributed by atoms with Crippen LogP contribution in [0.5, 0.6) is 0 Å². The maximum absolute atomic E-state index is 13.4. The maximum Gasteiger partial charge on any atom is 0.249 e. The number of hydrogen-bond acceptors (Lipinski definition) is 5. The molecule has 1 saturated heterocycles.